The van der Waals surface area contributed by atoms with Crippen LogP contribution in [0, 0.1) is 0 Å². The number of rotatable bonds is 3. The van der Waals surface area contributed by atoms with Crippen molar-refractivity contribution < 1.29 is 15.0 Å². The van der Waals surface area contributed by atoms with E-state index in [4.69, 9.17) is 11.6 Å². The molecule has 0 heterocycles. The van der Waals surface area contributed by atoms with Gasteiger partial charge >= 0.3 is 0 Å². The van der Waals surface area contributed by atoms with Crippen LogP contribution in [-0.4, -0.2) is 16.1 Å². The Labute approximate surface area is 115 Å². The minimum atomic E-state index is -0.500. The highest BCUT2D eigenvalue weighted by molar-refractivity contribution is 6.17. The third-order valence-electron chi connectivity index (χ3n) is 2.60. The molecule has 19 heavy (non-hydrogen) atoms. The van der Waals surface area contributed by atoms with E-state index in [9.17, 15) is 15.0 Å². The van der Waals surface area contributed by atoms with Gasteiger partial charge in [0.1, 0.15) is 0 Å². The summed E-state index contributed by atoms with van der Waals surface area (Å²) in [4.78, 5) is 12.0. The third kappa shape index (κ3) is 2.98. The van der Waals surface area contributed by atoms with Gasteiger partial charge in [-0.05, 0) is 29.8 Å². The van der Waals surface area contributed by atoms with E-state index in [1.54, 1.807) is 18.2 Å². The SMILES string of the molecule is O=C(Nc1cccc(CCl)c1)c1cccc(O)c1O. The Kier molecular flexibility index (Phi) is 3.92. The second-order valence-electron chi connectivity index (χ2n) is 3.96. The fourth-order valence-electron chi connectivity index (χ4n) is 1.65. The van der Waals surface area contributed by atoms with Crippen LogP contribution < -0.4 is 5.32 Å². The number of hydrogen-bond donors (Lipinski definition) is 3. The Hall–Kier alpha value is -2.20. The van der Waals surface area contributed by atoms with Crippen molar-refractivity contribution >= 4 is 23.2 Å². The molecular weight excluding hydrogens is 266 g/mol. The number of nitrogens with one attached hydrogen (secondary N) is 1. The van der Waals surface area contributed by atoms with Gasteiger partial charge in [-0.2, -0.15) is 0 Å². The molecule has 0 atom stereocenters. The summed E-state index contributed by atoms with van der Waals surface area (Å²) in [5.74, 6) is -0.919. The Balaban J connectivity index is 2.23. The Morgan fingerprint density at radius 1 is 1.16 bits per heavy atom. The third-order valence-corrected chi connectivity index (χ3v) is 2.91. The lowest BCUT2D eigenvalue weighted by molar-refractivity contribution is 0.102. The maximum atomic E-state index is 12.0. The second-order valence-corrected chi connectivity index (χ2v) is 4.23. The quantitative estimate of drug-likeness (QED) is 0.596. The molecule has 98 valence electrons. The molecule has 0 bridgehead atoms. The lowest BCUT2D eigenvalue weighted by Crippen LogP contribution is -2.12. The standard InChI is InChI=1S/C14H12ClNO3/c15-8-9-3-1-4-10(7-9)16-14(19)11-5-2-6-12(17)13(11)18/h1-7,17-18H,8H2,(H,16,19). The topological polar surface area (TPSA) is 69.6 Å². The molecule has 2 aromatic rings. The molecule has 0 aromatic heterocycles. The van der Waals surface area contributed by atoms with Gasteiger partial charge < -0.3 is 15.5 Å². The summed E-state index contributed by atoms with van der Waals surface area (Å²) in [5.41, 5.74) is 1.46. The molecule has 3 N–H and O–H groups in total. The van der Waals surface area contributed by atoms with Crippen molar-refractivity contribution in [1.82, 2.24) is 0 Å². The minimum absolute atomic E-state index is 0.0104. The van der Waals surface area contributed by atoms with Crippen LogP contribution in [-0.2, 0) is 5.88 Å². The van der Waals surface area contributed by atoms with Crippen molar-refractivity contribution in [1.29, 1.82) is 0 Å². The van der Waals surface area contributed by atoms with Crippen LogP contribution in [0.1, 0.15) is 15.9 Å². The zero-order chi connectivity index (χ0) is 13.8. The molecule has 0 aliphatic carbocycles. The molecule has 0 saturated carbocycles. The van der Waals surface area contributed by atoms with E-state index in [1.165, 1.54) is 18.2 Å². The zero-order valence-corrected chi connectivity index (χ0v) is 10.7. The van der Waals surface area contributed by atoms with Gasteiger partial charge in [0.05, 0.1) is 5.56 Å². The maximum Gasteiger partial charge on any atom is 0.259 e. The Morgan fingerprint density at radius 3 is 2.63 bits per heavy atom. The van der Waals surface area contributed by atoms with Crippen LogP contribution in [0.15, 0.2) is 42.5 Å². The van der Waals surface area contributed by atoms with E-state index in [0.29, 0.717) is 11.6 Å². The van der Waals surface area contributed by atoms with E-state index in [-0.39, 0.29) is 11.3 Å². The average Bonchev–Trinajstić information content (AvgIpc) is 2.42. The summed E-state index contributed by atoms with van der Waals surface area (Å²) >= 11 is 5.71. The number of alkyl halides is 1. The fraction of sp³-hybridized carbons (Fsp3) is 0.0714. The maximum absolute atomic E-state index is 12.0. The molecule has 5 heteroatoms. The number of para-hydroxylation sites is 1. The van der Waals surface area contributed by atoms with Crippen LogP contribution in [0.2, 0.25) is 0 Å². The monoisotopic (exact) mass is 277 g/mol. The predicted molar refractivity (Wildman–Crippen MR) is 73.7 cm³/mol. The summed E-state index contributed by atoms with van der Waals surface area (Å²) in [7, 11) is 0. The first-order valence-electron chi connectivity index (χ1n) is 5.59. The number of phenolic OH excluding ortho intramolecular Hbond substituents is 2. The van der Waals surface area contributed by atoms with E-state index in [1.807, 2.05) is 6.07 Å². The van der Waals surface area contributed by atoms with Gasteiger partial charge in [-0.25, -0.2) is 0 Å². The van der Waals surface area contributed by atoms with Crippen molar-refractivity contribution in [2.45, 2.75) is 5.88 Å². The van der Waals surface area contributed by atoms with Gasteiger partial charge in [0.25, 0.3) is 5.91 Å². The molecule has 0 aliphatic heterocycles. The lowest BCUT2D eigenvalue weighted by atomic mass is 10.1. The van der Waals surface area contributed by atoms with Crippen molar-refractivity contribution in [3.63, 3.8) is 0 Å². The van der Waals surface area contributed by atoms with Gasteiger partial charge in [0, 0.05) is 11.6 Å². The van der Waals surface area contributed by atoms with Crippen molar-refractivity contribution in [3.05, 3.63) is 53.6 Å². The van der Waals surface area contributed by atoms with Gasteiger partial charge in [-0.15, -0.1) is 11.6 Å². The molecule has 0 fully saturated rings. The molecule has 0 unspecified atom stereocenters. The largest absolute Gasteiger partial charge is 0.504 e. The number of amides is 1. The van der Waals surface area contributed by atoms with Crippen LogP contribution in [0.3, 0.4) is 0 Å². The number of carbonyl (C=O) groups is 1. The smallest absolute Gasteiger partial charge is 0.259 e. The van der Waals surface area contributed by atoms with Crippen molar-refractivity contribution in [2.75, 3.05) is 5.32 Å². The van der Waals surface area contributed by atoms with Gasteiger partial charge in [0.2, 0.25) is 0 Å². The first-order valence-corrected chi connectivity index (χ1v) is 6.12. The van der Waals surface area contributed by atoms with Crippen molar-refractivity contribution in [3.8, 4) is 11.5 Å². The number of carbonyl (C=O) groups excluding carboxylic acids is 1. The number of benzene rings is 2. The Morgan fingerprint density at radius 2 is 1.89 bits per heavy atom. The minimum Gasteiger partial charge on any atom is -0.504 e. The highest BCUT2D eigenvalue weighted by Crippen LogP contribution is 2.28. The number of phenols is 2. The molecule has 0 aliphatic rings. The zero-order valence-electron chi connectivity index (χ0n) is 9.93. The summed E-state index contributed by atoms with van der Waals surface area (Å²) < 4.78 is 0. The first-order chi connectivity index (χ1) is 9.11. The normalized spacial score (nSPS) is 10.2. The number of aromatic hydroxyl groups is 2. The second kappa shape index (κ2) is 5.63. The van der Waals surface area contributed by atoms with Crippen LogP contribution in [0.5, 0.6) is 11.5 Å². The van der Waals surface area contributed by atoms with Crippen molar-refractivity contribution in [2.24, 2.45) is 0 Å². The highest BCUT2D eigenvalue weighted by Gasteiger charge is 2.13. The van der Waals surface area contributed by atoms with Crippen LogP contribution >= 0.6 is 11.6 Å². The van der Waals surface area contributed by atoms with Gasteiger partial charge in [-0.3, -0.25) is 4.79 Å². The van der Waals surface area contributed by atoms with Crippen LogP contribution in [0.4, 0.5) is 5.69 Å². The fourth-order valence-corrected chi connectivity index (χ4v) is 1.81. The number of halogens is 1. The van der Waals surface area contributed by atoms with E-state index in [0.717, 1.165) is 5.56 Å². The van der Waals surface area contributed by atoms with E-state index >= 15 is 0 Å². The predicted octanol–water partition coefficient (Wildman–Crippen LogP) is 3.09. The number of anilines is 1. The Bertz CT molecular complexity index is 613. The highest BCUT2D eigenvalue weighted by atomic mass is 35.5. The van der Waals surface area contributed by atoms with E-state index in [2.05, 4.69) is 5.32 Å². The summed E-state index contributed by atoms with van der Waals surface area (Å²) in [5, 5.41) is 21.6. The molecule has 0 saturated heterocycles. The molecule has 1 amide bonds. The first kappa shape index (κ1) is 13.2. The molecule has 2 aromatic carbocycles. The summed E-state index contributed by atoms with van der Waals surface area (Å²) in [6.07, 6.45) is 0. The summed E-state index contributed by atoms with van der Waals surface area (Å²) in [6.45, 7) is 0. The molecule has 0 spiro atoms. The molecule has 4 nitrogen and oxygen atoms in total. The molecule has 2 rings (SSSR count). The molecule has 0 radical (unpaired) electrons. The number of hydrogen-bond acceptors (Lipinski definition) is 3. The van der Waals surface area contributed by atoms with Gasteiger partial charge in [0.15, 0.2) is 11.5 Å². The lowest BCUT2D eigenvalue weighted by Gasteiger charge is -2.08. The van der Waals surface area contributed by atoms with Gasteiger partial charge in [-0.1, -0.05) is 18.2 Å². The van der Waals surface area contributed by atoms with E-state index < -0.39 is 11.7 Å². The van der Waals surface area contributed by atoms with Crippen LogP contribution in [0.25, 0.3) is 0 Å². The average molecular weight is 278 g/mol. The summed E-state index contributed by atoms with van der Waals surface area (Å²) in [6, 6.07) is 11.3. The molecular formula is C14H12ClNO3.